The van der Waals surface area contributed by atoms with E-state index in [4.69, 9.17) is 0 Å². The van der Waals surface area contributed by atoms with E-state index in [2.05, 4.69) is 33.9 Å². The zero-order chi connectivity index (χ0) is 16.6. The summed E-state index contributed by atoms with van der Waals surface area (Å²) in [6.45, 7) is 7.13. The molecular weight excluding hydrogens is 294 g/mol. The average Bonchev–Trinajstić information content (AvgIpc) is 3.13. The molecule has 0 aromatic carbocycles. The molecule has 23 heavy (non-hydrogen) atoms. The van der Waals surface area contributed by atoms with E-state index in [0.717, 1.165) is 37.3 Å². The maximum Gasteiger partial charge on any atom is 0.243 e. The highest BCUT2D eigenvalue weighted by atomic mass is 16.2. The SMILES string of the molecule is CC(=O)N1CCC[C@H]1C(=O)NC1CCc2nnc(C(C)C)n2C1. The van der Waals surface area contributed by atoms with Crippen LogP contribution >= 0.6 is 0 Å². The van der Waals surface area contributed by atoms with Crippen LogP contribution in [0.15, 0.2) is 0 Å². The topological polar surface area (TPSA) is 80.1 Å². The van der Waals surface area contributed by atoms with E-state index in [1.807, 2.05) is 0 Å². The summed E-state index contributed by atoms with van der Waals surface area (Å²) in [6.07, 6.45) is 3.35. The van der Waals surface area contributed by atoms with E-state index in [1.54, 1.807) is 4.90 Å². The summed E-state index contributed by atoms with van der Waals surface area (Å²) >= 11 is 0. The molecule has 2 aliphatic heterocycles. The van der Waals surface area contributed by atoms with Crippen molar-refractivity contribution in [1.82, 2.24) is 25.0 Å². The number of aryl methyl sites for hydroxylation is 1. The van der Waals surface area contributed by atoms with Crippen molar-refractivity contribution in [3.05, 3.63) is 11.6 Å². The van der Waals surface area contributed by atoms with Crippen molar-refractivity contribution in [3.63, 3.8) is 0 Å². The van der Waals surface area contributed by atoms with Crippen LogP contribution in [0.3, 0.4) is 0 Å². The Morgan fingerprint density at radius 2 is 2.04 bits per heavy atom. The molecule has 7 heteroatoms. The Labute approximate surface area is 136 Å². The van der Waals surface area contributed by atoms with Crippen molar-refractivity contribution >= 4 is 11.8 Å². The van der Waals surface area contributed by atoms with Gasteiger partial charge in [0.05, 0.1) is 0 Å². The number of hydrogen-bond donors (Lipinski definition) is 1. The lowest BCUT2D eigenvalue weighted by Crippen LogP contribution is -2.50. The van der Waals surface area contributed by atoms with Crippen LogP contribution in [0.4, 0.5) is 0 Å². The highest BCUT2D eigenvalue weighted by Gasteiger charge is 2.34. The van der Waals surface area contributed by atoms with Gasteiger partial charge < -0.3 is 14.8 Å². The molecular formula is C16H25N5O2. The molecule has 1 N–H and O–H groups in total. The second kappa shape index (κ2) is 6.29. The molecule has 0 saturated carbocycles. The van der Waals surface area contributed by atoms with Gasteiger partial charge >= 0.3 is 0 Å². The van der Waals surface area contributed by atoms with Gasteiger partial charge in [0.1, 0.15) is 17.7 Å². The lowest BCUT2D eigenvalue weighted by molar-refractivity contribution is -0.137. The molecule has 7 nitrogen and oxygen atoms in total. The summed E-state index contributed by atoms with van der Waals surface area (Å²) < 4.78 is 2.14. The first-order chi connectivity index (χ1) is 11.0. The van der Waals surface area contributed by atoms with Crippen LogP contribution < -0.4 is 5.32 Å². The van der Waals surface area contributed by atoms with Crippen molar-refractivity contribution < 1.29 is 9.59 Å². The summed E-state index contributed by atoms with van der Waals surface area (Å²) in [6, 6.07) is -0.225. The van der Waals surface area contributed by atoms with Gasteiger partial charge in [0.25, 0.3) is 0 Å². The van der Waals surface area contributed by atoms with E-state index >= 15 is 0 Å². The third-order valence-electron chi connectivity index (χ3n) is 4.80. The number of carbonyl (C=O) groups excluding carboxylic acids is 2. The summed E-state index contributed by atoms with van der Waals surface area (Å²) in [5.41, 5.74) is 0. The number of aromatic nitrogens is 3. The lowest BCUT2D eigenvalue weighted by atomic mass is 10.1. The Morgan fingerprint density at radius 3 is 2.74 bits per heavy atom. The average molecular weight is 319 g/mol. The molecule has 2 amide bonds. The van der Waals surface area contributed by atoms with Crippen LogP contribution in [0.1, 0.15) is 57.6 Å². The van der Waals surface area contributed by atoms with Crippen molar-refractivity contribution in [2.24, 2.45) is 0 Å². The Balaban J connectivity index is 1.66. The maximum absolute atomic E-state index is 12.6. The molecule has 0 bridgehead atoms. The van der Waals surface area contributed by atoms with E-state index in [1.165, 1.54) is 6.92 Å². The summed E-state index contributed by atoms with van der Waals surface area (Å²) in [4.78, 5) is 25.9. The molecule has 3 heterocycles. The highest BCUT2D eigenvalue weighted by Crippen LogP contribution is 2.21. The molecule has 1 saturated heterocycles. The number of fused-ring (bicyclic) bond motifs is 1. The number of rotatable bonds is 3. The lowest BCUT2D eigenvalue weighted by Gasteiger charge is -2.29. The second-order valence-electron chi connectivity index (χ2n) is 6.85. The normalized spacial score (nSPS) is 23.9. The molecule has 2 aliphatic rings. The number of hydrogen-bond acceptors (Lipinski definition) is 4. The number of carbonyl (C=O) groups is 2. The number of amides is 2. The van der Waals surface area contributed by atoms with E-state index in [9.17, 15) is 9.59 Å². The minimum Gasteiger partial charge on any atom is -0.350 e. The zero-order valence-electron chi connectivity index (χ0n) is 14.1. The fourth-order valence-corrected chi connectivity index (χ4v) is 3.61. The largest absolute Gasteiger partial charge is 0.350 e. The Bertz CT molecular complexity index is 610. The Morgan fingerprint density at radius 1 is 1.26 bits per heavy atom. The van der Waals surface area contributed by atoms with Crippen molar-refractivity contribution in [2.45, 2.75) is 71.0 Å². The van der Waals surface area contributed by atoms with Gasteiger partial charge in [-0.15, -0.1) is 10.2 Å². The van der Waals surface area contributed by atoms with E-state index < -0.39 is 0 Å². The smallest absolute Gasteiger partial charge is 0.243 e. The van der Waals surface area contributed by atoms with Crippen LogP contribution in [0, 0.1) is 0 Å². The molecule has 1 aromatic heterocycles. The predicted octanol–water partition coefficient (Wildman–Crippen LogP) is 0.843. The maximum atomic E-state index is 12.6. The van der Waals surface area contributed by atoms with E-state index in [0.29, 0.717) is 19.0 Å². The molecule has 3 rings (SSSR count). The van der Waals surface area contributed by atoms with Crippen LogP contribution in [-0.2, 0) is 22.6 Å². The number of nitrogens with one attached hydrogen (secondary N) is 1. The van der Waals surface area contributed by atoms with Crippen molar-refractivity contribution in [3.8, 4) is 0 Å². The van der Waals surface area contributed by atoms with Crippen LogP contribution in [0.25, 0.3) is 0 Å². The third-order valence-corrected chi connectivity index (χ3v) is 4.80. The van der Waals surface area contributed by atoms with Crippen LogP contribution in [-0.4, -0.2) is 50.1 Å². The number of nitrogens with zero attached hydrogens (tertiary/aromatic N) is 4. The Kier molecular flexibility index (Phi) is 4.37. The molecule has 2 atom stereocenters. The van der Waals surface area contributed by atoms with Gasteiger partial charge in [-0.2, -0.15) is 0 Å². The fourth-order valence-electron chi connectivity index (χ4n) is 3.61. The fraction of sp³-hybridized carbons (Fsp3) is 0.750. The van der Waals surface area contributed by atoms with Gasteiger partial charge in [0, 0.05) is 38.4 Å². The molecule has 126 valence electrons. The molecule has 0 spiro atoms. The third kappa shape index (κ3) is 3.09. The first-order valence-corrected chi connectivity index (χ1v) is 8.47. The van der Waals surface area contributed by atoms with Gasteiger partial charge in [-0.05, 0) is 19.3 Å². The Hall–Kier alpha value is -1.92. The van der Waals surface area contributed by atoms with Crippen molar-refractivity contribution in [2.75, 3.05) is 6.54 Å². The predicted molar refractivity (Wildman–Crippen MR) is 84.8 cm³/mol. The standard InChI is InChI=1S/C16H25N5O2/c1-10(2)15-19-18-14-7-6-12(9-21(14)15)17-16(23)13-5-4-8-20(13)11(3)22/h10,12-13H,4-9H2,1-3H3,(H,17,23)/t12?,13-/m0/s1. The highest BCUT2D eigenvalue weighted by molar-refractivity contribution is 5.87. The summed E-state index contributed by atoms with van der Waals surface area (Å²) in [5.74, 6) is 2.25. The van der Waals surface area contributed by atoms with E-state index in [-0.39, 0.29) is 23.9 Å². The van der Waals surface area contributed by atoms with Crippen LogP contribution in [0.2, 0.25) is 0 Å². The van der Waals surface area contributed by atoms with Gasteiger partial charge in [0.15, 0.2) is 0 Å². The molecule has 1 unspecified atom stereocenters. The monoisotopic (exact) mass is 319 g/mol. The van der Waals surface area contributed by atoms with Gasteiger partial charge in [-0.1, -0.05) is 13.8 Å². The van der Waals surface area contributed by atoms with Gasteiger partial charge in [-0.25, -0.2) is 0 Å². The quantitative estimate of drug-likeness (QED) is 0.895. The van der Waals surface area contributed by atoms with Gasteiger partial charge in [0.2, 0.25) is 11.8 Å². The molecule has 1 fully saturated rings. The summed E-state index contributed by atoms with van der Waals surface area (Å²) in [5, 5.41) is 11.7. The molecule has 0 radical (unpaired) electrons. The van der Waals surface area contributed by atoms with Gasteiger partial charge in [-0.3, -0.25) is 9.59 Å². The minimum absolute atomic E-state index is 0.0190. The number of likely N-dealkylation sites (tertiary alicyclic amines) is 1. The minimum atomic E-state index is -0.306. The second-order valence-corrected chi connectivity index (χ2v) is 6.85. The molecule has 1 aromatic rings. The zero-order valence-corrected chi connectivity index (χ0v) is 14.1. The summed E-state index contributed by atoms with van der Waals surface area (Å²) in [7, 11) is 0. The first kappa shape index (κ1) is 16.0. The molecule has 0 aliphatic carbocycles. The van der Waals surface area contributed by atoms with Crippen LogP contribution in [0.5, 0.6) is 0 Å². The first-order valence-electron chi connectivity index (χ1n) is 8.47. The van der Waals surface area contributed by atoms with Crippen molar-refractivity contribution in [1.29, 1.82) is 0 Å².